The molecule has 0 radical (unpaired) electrons. The van der Waals surface area contributed by atoms with Crippen molar-refractivity contribution in [3.63, 3.8) is 0 Å². The Balaban J connectivity index is 1.50. The van der Waals surface area contributed by atoms with Gasteiger partial charge in [-0.1, -0.05) is 12.8 Å². The summed E-state index contributed by atoms with van der Waals surface area (Å²) in [5.41, 5.74) is 0.373. The number of carboxylic acids is 1. The largest absolute Gasteiger partial charge is 0.478 e. The monoisotopic (exact) mass is 357 g/mol. The number of aromatic carboxylic acids is 1. The Morgan fingerprint density at radius 1 is 1.15 bits per heavy atom. The topological polar surface area (TPSA) is 73.7 Å². The van der Waals surface area contributed by atoms with E-state index in [-0.39, 0.29) is 11.0 Å². The first-order chi connectivity index (χ1) is 12.6. The van der Waals surface area contributed by atoms with E-state index in [2.05, 4.69) is 14.8 Å². The molecular weight excluding hydrogens is 330 g/mol. The number of anilines is 1. The van der Waals surface area contributed by atoms with Gasteiger partial charge in [0.25, 0.3) is 0 Å². The molecule has 0 unspecified atom stereocenters. The first-order valence-electron chi connectivity index (χ1n) is 9.80. The second-order valence-electron chi connectivity index (χ2n) is 8.20. The van der Waals surface area contributed by atoms with Crippen molar-refractivity contribution < 1.29 is 14.7 Å². The molecule has 1 aliphatic carbocycles. The Labute approximate surface area is 154 Å². The zero-order chi connectivity index (χ0) is 18.1. The zero-order valence-electron chi connectivity index (χ0n) is 15.2. The molecule has 3 aliphatic rings. The van der Waals surface area contributed by atoms with Gasteiger partial charge in [-0.3, -0.25) is 4.79 Å². The van der Waals surface area contributed by atoms with Gasteiger partial charge in [0.05, 0.1) is 5.56 Å². The summed E-state index contributed by atoms with van der Waals surface area (Å²) < 4.78 is 0. The predicted molar refractivity (Wildman–Crippen MR) is 98.3 cm³/mol. The van der Waals surface area contributed by atoms with Gasteiger partial charge < -0.3 is 14.9 Å². The summed E-state index contributed by atoms with van der Waals surface area (Å²) in [6, 6.07) is 3.88. The molecule has 2 saturated heterocycles. The number of hydrogen-bond acceptors (Lipinski definition) is 4. The molecule has 1 saturated carbocycles. The summed E-state index contributed by atoms with van der Waals surface area (Å²) in [6.07, 6.45) is 10.1. The molecule has 6 nitrogen and oxygen atoms in total. The summed E-state index contributed by atoms with van der Waals surface area (Å²) in [5, 5.41) is 9.05. The van der Waals surface area contributed by atoms with E-state index in [0.29, 0.717) is 18.4 Å². The quantitative estimate of drug-likeness (QED) is 0.900. The van der Waals surface area contributed by atoms with Gasteiger partial charge in [0.1, 0.15) is 5.82 Å². The second kappa shape index (κ2) is 6.89. The fraction of sp³-hybridized carbons (Fsp3) is 0.650. The lowest BCUT2D eigenvalue weighted by Gasteiger charge is -2.50. The van der Waals surface area contributed by atoms with Crippen LogP contribution in [0.5, 0.6) is 0 Å². The molecule has 1 spiro atoms. The molecule has 1 N–H and O–H groups in total. The van der Waals surface area contributed by atoms with Crippen molar-refractivity contribution in [1.82, 2.24) is 9.88 Å². The number of rotatable bonds is 3. The number of carbonyl (C=O) groups is 2. The number of amides is 1. The average molecular weight is 357 g/mol. The third-order valence-electron chi connectivity index (χ3n) is 6.44. The molecule has 0 bridgehead atoms. The maximum Gasteiger partial charge on any atom is 0.337 e. The van der Waals surface area contributed by atoms with Gasteiger partial charge in [-0.25, -0.2) is 9.78 Å². The Bertz CT molecular complexity index is 684. The molecule has 140 valence electrons. The minimum Gasteiger partial charge on any atom is -0.478 e. The highest BCUT2D eigenvalue weighted by Crippen LogP contribution is 2.41. The predicted octanol–water partition coefficient (Wildman–Crippen LogP) is 2.93. The summed E-state index contributed by atoms with van der Waals surface area (Å²) >= 11 is 0. The minimum atomic E-state index is -0.947. The lowest BCUT2D eigenvalue weighted by atomic mass is 9.73. The van der Waals surface area contributed by atoms with Gasteiger partial charge >= 0.3 is 5.97 Å². The lowest BCUT2D eigenvalue weighted by Crippen LogP contribution is -2.56. The van der Waals surface area contributed by atoms with Crippen LogP contribution in [0, 0.1) is 5.41 Å². The number of carbonyl (C=O) groups excluding carboxylic acids is 1. The van der Waals surface area contributed by atoms with Crippen LogP contribution in [0.3, 0.4) is 0 Å². The van der Waals surface area contributed by atoms with Gasteiger partial charge in [0.2, 0.25) is 5.91 Å². The summed E-state index contributed by atoms with van der Waals surface area (Å²) in [6.45, 7) is 2.72. The van der Waals surface area contributed by atoms with Crippen LogP contribution < -0.4 is 4.90 Å². The minimum absolute atomic E-state index is 0.155. The fourth-order valence-corrected chi connectivity index (χ4v) is 5.03. The highest BCUT2D eigenvalue weighted by Gasteiger charge is 2.44. The molecule has 4 rings (SSSR count). The van der Waals surface area contributed by atoms with Crippen LogP contribution in [0.15, 0.2) is 18.3 Å². The Hall–Kier alpha value is -2.11. The number of aromatic nitrogens is 1. The van der Waals surface area contributed by atoms with Crippen molar-refractivity contribution in [2.45, 2.75) is 57.4 Å². The van der Waals surface area contributed by atoms with Gasteiger partial charge in [0, 0.05) is 43.7 Å². The second-order valence-corrected chi connectivity index (χ2v) is 8.20. The Kier molecular flexibility index (Phi) is 4.59. The first-order valence-corrected chi connectivity index (χ1v) is 9.80. The molecule has 0 aromatic carbocycles. The number of nitrogens with zero attached hydrogens (tertiary/aromatic N) is 3. The van der Waals surface area contributed by atoms with Gasteiger partial charge in [-0.2, -0.15) is 0 Å². The van der Waals surface area contributed by atoms with Crippen LogP contribution in [-0.4, -0.2) is 52.5 Å². The van der Waals surface area contributed by atoms with E-state index in [4.69, 9.17) is 5.11 Å². The smallest absolute Gasteiger partial charge is 0.337 e. The number of pyridine rings is 1. The highest BCUT2D eigenvalue weighted by molar-refractivity contribution is 5.87. The van der Waals surface area contributed by atoms with E-state index < -0.39 is 5.97 Å². The van der Waals surface area contributed by atoms with Crippen molar-refractivity contribution >= 4 is 17.7 Å². The highest BCUT2D eigenvalue weighted by atomic mass is 16.4. The SMILES string of the molecule is O=C(O)c1ccc(N2CCC[C@]3(CCC(=O)N(C4CCCC4)C3)C2)nc1. The molecule has 1 aromatic heterocycles. The zero-order valence-corrected chi connectivity index (χ0v) is 15.2. The fourth-order valence-electron chi connectivity index (χ4n) is 5.03. The number of likely N-dealkylation sites (tertiary alicyclic amines) is 1. The summed E-state index contributed by atoms with van der Waals surface area (Å²) in [7, 11) is 0. The number of hydrogen-bond donors (Lipinski definition) is 1. The van der Waals surface area contributed by atoms with E-state index in [0.717, 1.165) is 57.6 Å². The van der Waals surface area contributed by atoms with Crippen LogP contribution in [0.2, 0.25) is 0 Å². The maximum absolute atomic E-state index is 12.5. The normalized spacial score (nSPS) is 27.3. The lowest BCUT2D eigenvalue weighted by molar-refractivity contribution is -0.140. The molecular formula is C20H27N3O3. The van der Waals surface area contributed by atoms with Crippen LogP contribution >= 0.6 is 0 Å². The summed E-state index contributed by atoms with van der Waals surface area (Å²) in [4.78, 5) is 32.4. The van der Waals surface area contributed by atoms with E-state index in [1.54, 1.807) is 6.07 Å². The molecule has 1 aromatic rings. The summed E-state index contributed by atoms with van der Waals surface area (Å²) in [5.74, 6) is 0.235. The van der Waals surface area contributed by atoms with E-state index in [1.165, 1.54) is 19.0 Å². The molecule has 3 heterocycles. The molecule has 1 atom stereocenters. The molecule has 3 fully saturated rings. The Morgan fingerprint density at radius 2 is 1.96 bits per heavy atom. The van der Waals surface area contributed by atoms with Crippen molar-refractivity contribution in [2.75, 3.05) is 24.5 Å². The Morgan fingerprint density at radius 3 is 2.65 bits per heavy atom. The molecule has 26 heavy (non-hydrogen) atoms. The van der Waals surface area contributed by atoms with Gasteiger partial charge in [-0.05, 0) is 44.2 Å². The van der Waals surface area contributed by atoms with Crippen LogP contribution in [0.1, 0.15) is 61.7 Å². The van der Waals surface area contributed by atoms with Crippen LogP contribution in [0.4, 0.5) is 5.82 Å². The van der Waals surface area contributed by atoms with Crippen molar-refractivity contribution in [1.29, 1.82) is 0 Å². The first kappa shape index (κ1) is 17.3. The third kappa shape index (κ3) is 3.29. The third-order valence-corrected chi connectivity index (χ3v) is 6.44. The van der Waals surface area contributed by atoms with Crippen LogP contribution in [0.25, 0.3) is 0 Å². The van der Waals surface area contributed by atoms with Crippen molar-refractivity contribution in [3.8, 4) is 0 Å². The van der Waals surface area contributed by atoms with Crippen molar-refractivity contribution in [2.24, 2.45) is 5.41 Å². The van der Waals surface area contributed by atoms with E-state index >= 15 is 0 Å². The maximum atomic E-state index is 12.5. The van der Waals surface area contributed by atoms with Crippen molar-refractivity contribution in [3.05, 3.63) is 23.9 Å². The molecule has 6 heteroatoms. The van der Waals surface area contributed by atoms with Gasteiger partial charge in [-0.15, -0.1) is 0 Å². The number of piperidine rings is 2. The number of carboxylic acid groups (broad SMARTS) is 1. The average Bonchev–Trinajstić information content (AvgIpc) is 3.19. The van der Waals surface area contributed by atoms with E-state index in [1.807, 2.05) is 6.07 Å². The van der Waals surface area contributed by atoms with E-state index in [9.17, 15) is 9.59 Å². The van der Waals surface area contributed by atoms with Crippen LogP contribution in [-0.2, 0) is 4.79 Å². The molecule has 2 aliphatic heterocycles. The standard InChI is InChI=1S/C20H27N3O3/c24-18-8-10-20(14-23(18)16-4-1-2-5-16)9-3-11-22(13-20)17-7-6-15(12-21-17)19(25)26/h6-7,12,16H,1-5,8-11,13-14H2,(H,25,26)/t20-/m0/s1. The van der Waals surface area contributed by atoms with Gasteiger partial charge in [0.15, 0.2) is 0 Å². The molecule has 1 amide bonds.